The van der Waals surface area contributed by atoms with Crippen LogP contribution in [0.2, 0.25) is 0 Å². The fourth-order valence-corrected chi connectivity index (χ4v) is 3.38. The monoisotopic (exact) mass is 370 g/mol. The molecule has 0 atom stereocenters. The molecule has 0 fully saturated rings. The van der Waals surface area contributed by atoms with E-state index in [4.69, 9.17) is 9.15 Å². The van der Waals surface area contributed by atoms with Gasteiger partial charge in [0.2, 0.25) is 0 Å². The van der Waals surface area contributed by atoms with Gasteiger partial charge in [-0.15, -0.1) is 11.3 Å². The topological polar surface area (TPSA) is 55.6 Å². The van der Waals surface area contributed by atoms with Crippen molar-refractivity contribution in [3.8, 4) is 5.75 Å². The number of furan rings is 1. The molecule has 136 valence electrons. The summed E-state index contributed by atoms with van der Waals surface area (Å²) in [6, 6.07) is 7.56. The zero-order chi connectivity index (χ0) is 18.7. The number of aromatic nitrogens is 1. The second-order valence-corrected chi connectivity index (χ2v) is 7.31. The molecule has 0 saturated carbocycles. The molecule has 3 rings (SSSR count). The maximum Gasteiger partial charge on any atom is 0.289 e. The van der Waals surface area contributed by atoms with Gasteiger partial charge in [0.15, 0.2) is 5.76 Å². The lowest BCUT2D eigenvalue weighted by molar-refractivity contribution is 0.0752. The molecule has 1 amide bonds. The molecule has 6 heteroatoms. The average Bonchev–Trinajstić information content (AvgIpc) is 3.28. The maximum atomic E-state index is 12.2. The minimum absolute atomic E-state index is 0.160. The Hall–Kier alpha value is -2.60. The molecule has 2 aromatic heterocycles. The van der Waals surface area contributed by atoms with Crippen LogP contribution in [0, 0.1) is 20.8 Å². The lowest BCUT2D eigenvalue weighted by Gasteiger charge is -2.14. The van der Waals surface area contributed by atoms with Gasteiger partial charge in [-0.2, -0.15) is 0 Å². The highest BCUT2D eigenvalue weighted by atomic mass is 32.1. The number of hydrogen-bond acceptors (Lipinski definition) is 5. The summed E-state index contributed by atoms with van der Waals surface area (Å²) in [7, 11) is 1.74. The number of carbonyl (C=O) groups is 1. The molecule has 0 N–H and O–H groups in total. The first-order valence-electron chi connectivity index (χ1n) is 8.37. The first-order valence-corrected chi connectivity index (χ1v) is 9.25. The van der Waals surface area contributed by atoms with Crippen LogP contribution in [-0.2, 0) is 13.2 Å². The highest BCUT2D eigenvalue weighted by molar-refractivity contribution is 7.09. The summed E-state index contributed by atoms with van der Waals surface area (Å²) in [5, 5.41) is 2.84. The van der Waals surface area contributed by atoms with Gasteiger partial charge >= 0.3 is 0 Å². The number of rotatable bonds is 6. The van der Waals surface area contributed by atoms with Gasteiger partial charge in [0.05, 0.1) is 18.5 Å². The van der Waals surface area contributed by atoms with Crippen LogP contribution < -0.4 is 4.74 Å². The van der Waals surface area contributed by atoms with Crippen molar-refractivity contribution < 1.29 is 13.9 Å². The van der Waals surface area contributed by atoms with Gasteiger partial charge in [0.1, 0.15) is 17.4 Å². The number of amides is 1. The van der Waals surface area contributed by atoms with Crippen LogP contribution in [0.1, 0.15) is 37.9 Å². The third-order valence-electron chi connectivity index (χ3n) is 4.19. The Morgan fingerprint density at radius 2 is 2.12 bits per heavy atom. The molecule has 1 aromatic carbocycles. The van der Waals surface area contributed by atoms with Gasteiger partial charge in [-0.1, -0.05) is 6.07 Å². The van der Waals surface area contributed by atoms with Gasteiger partial charge in [-0.3, -0.25) is 4.79 Å². The summed E-state index contributed by atoms with van der Waals surface area (Å²) in [6.07, 6.45) is 1.49. The van der Waals surface area contributed by atoms with Gasteiger partial charge in [-0.25, -0.2) is 4.98 Å². The standard InChI is InChI=1S/C20H22N2O3S/c1-13-8-14(2)15(3)18(9-13)25-11-19-21-16(12-26-19)10-22(4)20(23)17-6-5-7-24-17/h5-9,12H,10-11H2,1-4H3. The number of carbonyl (C=O) groups excluding carboxylic acids is 1. The molecular weight excluding hydrogens is 348 g/mol. The average molecular weight is 370 g/mol. The minimum Gasteiger partial charge on any atom is -0.486 e. The summed E-state index contributed by atoms with van der Waals surface area (Å²) in [6.45, 7) is 7.06. The predicted molar refractivity (Wildman–Crippen MR) is 102 cm³/mol. The van der Waals surface area contributed by atoms with Crippen molar-refractivity contribution in [3.63, 3.8) is 0 Å². The van der Waals surface area contributed by atoms with E-state index in [-0.39, 0.29) is 5.91 Å². The van der Waals surface area contributed by atoms with Crippen molar-refractivity contribution in [3.05, 3.63) is 69.1 Å². The Bertz CT molecular complexity index is 900. The molecule has 0 aliphatic heterocycles. The van der Waals surface area contributed by atoms with Crippen LogP contribution in [0.3, 0.4) is 0 Å². The molecule has 3 aromatic rings. The lowest BCUT2D eigenvalue weighted by atomic mass is 10.1. The number of ether oxygens (including phenoxy) is 1. The van der Waals surface area contributed by atoms with Crippen LogP contribution in [0.15, 0.2) is 40.3 Å². The fourth-order valence-electron chi connectivity index (χ4n) is 2.68. The fraction of sp³-hybridized carbons (Fsp3) is 0.300. The molecule has 0 aliphatic rings. The summed E-state index contributed by atoms with van der Waals surface area (Å²) in [5.41, 5.74) is 4.39. The van der Waals surface area contributed by atoms with Gasteiger partial charge in [0.25, 0.3) is 5.91 Å². The first kappa shape index (κ1) is 18.2. The second kappa shape index (κ2) is 7.74. The van der Waals surface area contributed by atoms with Crippen LogP contribution >= 0.6 is 11.3 Å². The van der Waals surface area contributed by atoms with Crippen molar-refractivity contribution >= 4 is 17.2 Å². The van der Waals surface area contributed by atoms with Crippen molar-refractivity contribution in [1.29, 1.82) is 0 Å². The number of benzene rings is 1. The van der Waals surface area contributed by atoms with Crippen molar-refractivity contribution in [2.45, 2.75) is 33.9 Å². The summed E-state index contributed by atoms with van der Waals surface area (Å²) < 4.78 is 11.1. The number of nitrogens with zero attached hydrogens (tertiary/aromatic N) is 2. The molecule has 0 radical (unpaired) electrons. The molecule has 0 spiro atoms. The number of hydrogen-bond donors (Lipinski definition) is 0. The molecule has 5 nitrogen and oxygen atoms in total. The Labute approximate surface area is 157 Å². The third kappa shape index (κ3) is 4.14. The van der Waals surface area contributed by atoms with Crippen LogP contribution in [0.5, 0.6) is 5.75 Å². The van der Waals surface area contributed by atoms with Gasteiger partial charge < -0.3 is 14.1 Å². The SMILES string of the molecule is Cc1cc(C)c(C)c(OCc2nc(CN(C)C(=O)c3ccco3)cs2)c1. The van der Waals surface area contributed by atoms with E-state index in [0.717, 1.165) is 22.0 Å². The molecular formula is C20H22N2O3S. The molecule has 0 bridgehead atoms. The Balaban J connectivity index is 1.61. The van der Waals surface area contributed by atoms with E-state index in [9.17, 15) is 4.79 Å². The van der Waals surface area contributed by atoms with Crippen LogP contribution in [-0.4, -0.2) is 22.8 Å². The van der Waals surface area contributed by atoms with Gasteiger partial charge in [-0.05, 0) is 55.7 Å². The van der Waals surface area contributed by atoms with Crippen molar-refractivity contribution in [2.75, 3.05) is 7.05 Å². The van der Waals surface area contributed by atoms with Gasteiger partial charge in [0, 0.05) is 12.4 Å². The lowest BCUT2D eigenvalue weighted by Crippen LogP contribution is -2.25. The second-order valence-electron chi connectivity index (χ2n) is 6.36. The van der Waals surface area contributed by atoms with E-state index in [1.807, 2.05) is 11.4 Å². The van der Waals surface area contributed by atoms with E-state index in [1.54, 1.807) is 24.1 Å². The normalized spacial score (nSPS) is 10.8. The molecule has 26 heavy (non-hydrogen) atoms. The Kier molecular flexibility index (Phi) is 5.42. The molecule has 0 unspecified atom stereocenters. The smallest absolute Gasteiger partial charge is 0.289 e. The number of aryl methyl sites for hydroxylation is 2. The number of thiazole rings is 1. The summed E-state index contributed by atoms with van der Waals surface area (Å²) in [5.74, 6) is 1.06. The zero-order valence-electron chi connectivity index (χ0n) is 15.4. The van der Waals surface area contributed by atoms with Crippen LogP contribution in [0.4, 0.5) is 0 Å². The van der Waals surface area contributed by atoms with Crippen molar-refractivity contribution in [2.24, 2.45) is 0 Å². The van der Waals surface area contributed by atoms with E-state index in [2.05, 4.69) is 31.8 Å². The maximum absolute atomic E-state index is 12.2. The highest BCUT2D eigenvalue weighted by Crippen LogP contribution is 2.25. The van der Waals surface area contributed by atoms with E-state index < -0.39 is 0 Å². The van der Waals surface area contributed by atoms with E-state index >= 15 is 0 Å². The summed E-state index contributed by atoms with van der Waals surface area (Å²) >= 11 is 1.54. The summed E-state index contributed by atoms with van der Waals surface area (Å²) in [4.78, 5) is 18.4. The highest BCUT2D eigenvalue weighted by Gasteiger charge is 2.16. The minimum atomic E-state index is -0.160. The van der Waals surface area contributed by atoms with Crippen LogP contribution in [0.25, 0.3) is 0 Å². The predicted octanol–water partition coefficient (Wildman–Crippen LogP) is 4.51. The third-order valence-corrected chi connectivity index (χ3v) is 5.06. The Morgan fingerprint density at radius 3 is 2.85 bits per heavy atom. The molecule has 2 heterocycles. The van der Waals surface area contributed by atoms with E-state index in [0.29, 0.717) is 18.9 Å². The zero-order valence-corrected chi connectivity index (χ0v) is 16.2. The Morgan fingerprint density at radius 1 is 1.31 bits per heavy atom. The first-order chi connectivity index (χ1) is 12.4. The molecule has 0 aliphatic carbocycles. The largest absolute Gasteiger partial charge is 0.486 e. The molecule has 0 saturated heterocycles. The van der Waals surface area contributed by atoms with E-state index in [1.165, 1.54) is 28.7 Å². The van der Waals surface area contributed by atoms with Crippen molar-refractivity contribution in [1.82, 2.24) is 9.88 Å². The quantitative estimate of drug-likeness (QED) is 0.640.